The molecule has 0 amide bonds. The predicted molar refractivity (Wildman–Crippen MR) is 49.5 cm³/mol. The number of aromatic nitrogens is 3. The van der Waals surface area contributed by atoms with Gasteiger partial charge in [-0.1, -0.05) is 5.16 Å². The lowest BCUT2D eigenvalue weighted by molar-refractivity contribution is 0.420. The molecule has 0 fully saturated rings. The van der Waals surface area contributed by atoms with Gasteiger partial charge >= 0.3 is 0 Å². The summed E-state index contributed by atoms with van der Waals surface area (Å²) >= 11 is 0. The summed E-state index contributed by atoms with van der Waals surface area (Å²) in [6.07, 6.45) is 2.68. The van der Waals surface area contributed by atoms with Crippen LogP contribution in [-0.4, -0.2) is 21.9 Å². The molecule has 2 aromatic rings. The fourth-order valence-electron chi connectivity index (χ4n) is 1.75. The van der Waals surface area contributed by atoms with Gasteiger partial charge in [0.1, 0.15) is 11.4 Å². The van der Waals surface area contributed by atoms with E-state index >= 15 is 0 Å². The molecule has 0 saturated heterocycles. The van der Waals surface area contributed by atoms with Crippen LogP contribution in [0.3, 0.4) is 0 Å². The fourth-order valence-corrected chi connectivity index (χ4v) is 1.75. The zero-order valence-corrected chi connectivity index (χ0v) is 7.58. The zero-order valence-electron chi connectivity index (χ0n) is 7.58. The van der Waals surface area contributed by atoms with E-state index in [2.05, 4.69) is 20.7 Å². The number of rotatable bonds is 1. The lowest BCUT2D eigenvalue weighted by atomic mass is 10.1. The first kappa shape index (κ1) is 7.75. The summed E-state index contributed by atoms with van der Waals surface area (Å²) in [5, 5.41) is 14.1. The minimum absolute atomic E-state index is 0.799. The van der Waals surface area contributed by atoms with E-state index in [4.69, 9.17) is 4.52 Å². The summed E-state index contributed by atoms with van der Waals surface area (Å²) in [6, 6.07) is 1.89. The number of hydrogen-bond acceptors (Lipinski definition) is 4. The van der Waals surface area contributed by atoms with E-state index in [9.17, 15) is 0 Å². The maximum atomic E-state index is 5.30. The third kappa shape index (κ3) is 1.06. The third-order valence-corrected chi connectivity index (χ3v) is 2.46. The Morgan fingerprint density at radius 1 is 1.43 bits per heavy atom. The molecule has 1 aliphatic heterocycles. The van der Waals surface area contributed by atoms with Gasteiger partial charge in [0.15, 0.2) is 5.76 Å². The first-order chi connectivity index (χ1) is 6.95. The van der Waals surface area contributed by atoms with Crippen LogP contribution in [0.1, 0.15) is 11.3 Å². The van der Waals surface area contributed by atoms with Crippen LogP contribution in [0.5, 0.6) is 0 Å². The fraction of sp³-hybridized carbons (Fsp3) is 0.333. The highest BCUT2D eigenvalue weighted by Gasteiger charge is 2.20. The number of hydrogen-bond donors (Lipinski definition) is 2. The highest BCUT2D eigenvalue weighted by molar-refractivity contribution is 5.57. The van der Waals surface area contributed by atoms with Crippen molar-refractivity contribution >= 4 is 0 Å². The molecule has 0 aliphatic carbocycles. The van der Waals surface area contributed by atoms with Gasteiger partial charge in [-0.15, -0.1) is 0 Å². The van der Waals surface area contributed by atoms with E-state index in [0.717, 1.165) is 36.7 Å². The molecule has 5 heteroatoms. The van der Waals surface area contributed by atoms with Crippen LogP contribution in [0.4, 0.5) is 0 Å². The van der Waals surface area contributed by atoms with Crippen LogP contribution < -0.4 is 5.32 Å². The maximum absolute atomic E-state index is 5.30. The van der Waals surface area contributed by atoms with Gasteiger partial charge < -0.3 is 9.84 Å². The summed E-state index contributed by atoms with van der Waals surface area (Å²) in [7, 11) is 0. The quantitative estimate of drug-likeness (QED) is 0.695. The predicted octanol–water partition coefficient (Wildman–Crippen LogP) is 0.710. The molecule has 14 heavy (non-hydrogen) atoms. The van der Waals surface area contributed by atoms with Gasteiger partial charge in [-0.3, -0.25) is 5.10 Å². The molecule has 0 aromatic carbocycles. The smallest absolute Gasteiger partial charge is 0.188 e. The van der Waals surface area contributed by atoms with Crippen molar-refractivity contribution in [1.29, 1.82) is 0 Å². The number of H-pyrrole nitrogens is 1. The highest BCUT2D eigenvalue weighted by atomic mass is 16.5. The normalized spacial score (nSPS) is 15.4. The topological polar surface area (TPSA) is 66.7 Å². The Hall–Kier alpha value is -1.62. The summed E-state index contributed by atoms with van der Waals surface area (Å²) in [4.78, 5) is 0. The second kappa shape index (κ2) is 2.95. The summed E-state index contributed by atoms with van der Waals surface area (Å²) in [6.45, 7) is 1.78. The molecule has 0 saturated carbocycles. The zero-order chi connectivity index (χ0) is 9.38. The molecule has 1 aliphatic rings. The van der Waals surface area contributed by atoms with E-state index in [1.807, 2.05) is 6.07 Å². The van der Waals surface area contributed by atoms with E-state index in [1.165, 1.54) is 5.56 Å². The largest absolute Gasteiger partial charge is 0.354 e. The average molecular weight is 190 g/mol. The highest BCUT2D eigenvalue weighted by Crippen LogP contribution is 2.26. The summed E-state index contributed by atoms with van der Waals surface area (Å²) in [5.74, 6) is 0.832. The molecular weight excluding hydrogens is 180 g/mol. The SMILES string of the molecule is c1cc(-c2onc3c2CCNC3)[nH]n1. The van der Waals surface area contributed by atoms with Crippen molar-refractivity contribution in [1.82, 2.24) is 20.7 Å². The molecule has 5 nitrogen and oxygen atoms in total. The monoisotopic (exact) mass is 190 g/mol. The molecule has 3 heterocycles. The minimum Gasteiger partial charge on any atom is -0.354 e. The second-order valence-electron chi connectivity index (χ2n) is 3.33. The summed E-state index contributed by atoms with van der Waals surface area (Å²) in [5.41, 5.74) is 3.12. The van der Waals surface area contributed by atoms with Crippen molar-refractivity contribution in [3.8, 4) is 11.5 Å². The van der Waals surface area contributed by atoms with E-state index in [1.54, 1.807) is 6.20 Å². The number of fused-ring (bicyclic) bond motifs is 1. The summed E-state index contributed by atoms with van der Waals surface area (Å²) < 4.78 is 5.30. The molecule has 0 atom stereocenters. The van der Waals surface area contributed by atoms with Crippen LogP contribution in [0.25, 0.3) is 11.5 Å². The van der Waals surface area contributed by atoms with Crippen LogP contribution in [-0.2, 0) is 13.0 Å². The Bertz CT molecular complexity index is 432. The standard InChI is InChI=1S/C9H10N4O/c1-3-10-5-8-6(1)9(14-13-8)7-2-4-11-12-7/h2,4,10H,1,3,5H2,(H,11,12). The molecule has 72 valence electrons. The van der Waals surface area contributed by atoms with Gasteiger partial charge in [0, 0.05) is 18.3 Å². The van der Waals surface area contributed by atoms with Crippen LogP contribution >= 0.6 is 0 Å². The van der Waals surface area contributed by atoms with Crippen molar-refractivity contribution in [3.63, 3.8) is 0 Å². The number of nitrogens with zero attached hydrogens (tertiary/aromatic N) is 2. The van der Waals surface area contributed by atoms with Gasteiger partial charge in [0.2, 0.25) is 0 Å². The Morgan fingerprint density at radius 2 is 2.43 bits per heavy atom. The Labute approximate surface area is 80.5 Å². The third-order valence-electron chi connectivity index (χ3n) is 2.46. The molecular formula is C9H10N4O. The van der Waals surface area contributed by atoms with Gasteiger partial charge in [-0.2, -0.15) is 5.10 Å². The molecule has 2 aromatic heterocycles. The Kier molecular flexibility index (Phi) is 1.63. The van der Waals surface area contributed by atoms with E-state index in [-0.39, 0.29) is 0 Å². The minimum atomic E-state index is 0.799. The van der Waals surface area contributed by atoms with Gasteiger partial charge in [-0.05, 0) is 19.0 Å². The Balaban J connectivity index is 2.11. The number of aromatic amines is 1. The van der Waals surface area contributed by atoms with Crippen LogP contribution in [0.15, 0.2) is 16.8 Å². The van der Waals surface area contributed by atoms with Crippen molar-refractivity contribution in [2.75, 3.05) is 6.54 Å². The first-order valence-corrected chi connectivity index (χ1v) is 4.63. The van der Waals surface area contributed by atoms with Crippen LogP contribution in [0.2, 0.25) is 0 Å². The van der Waals surface area contributed by atoms with Crippen LogP contribution in [0, 0.1) is 0 Å². The van der Waals surface area contributed by atoms with Crippen molar-refractivity contribution < 1.29 is 4.52 Å². The van der Waals surface area contributed by atoms with Gasteiger partial charge in [-0.25, -0.2) is 0 Å². The van der Waals surface area contributed by atoms with Crippen molar-refractivity contribution in [2.24, 2.45) is 0 Å². The molecule has 2 N–H and O–H groups in total. The van der Waals surface area contributed by atoms with E-state index in [0.29, 0.717) is 0 Å². The van der Waals surface area contributed by atoms with E-state index < -0.39 is 0 Å². The molecule has 0 spiro atoms. The lowest BCUT2D eigenvalue weighted by Crippen LogP contribution is -2.23. The molecule has 0 unspecified atom stereocenters. The lowest BCUT2D eigenvalue weighted by Gasteiger charge is -2.10. The van der Waals surface area contributed by atoms with Gasteiger partial charge in [0.05, 0.1) is 0 Å². The first-order valence-electron chi connectivity index (χ1n) is 4.63. The maximum Gasteiger partial charge on any atom is 0.188 e. The number of nitrogens with one attached hydrogen (secondary N) is 2. The molecule has 0 bridgehead atoms. The van der Waals surface area contributed by atoms with Crippen molar-refractivity contribution in [3.05, 3.63) is 23.5 Å². The Morgan fingerprint density at radius 3 is 3.29 bits per heavy atom. The second-order valence-corrected chi connectivity index (χ2v) is 3.33. The molecule has 3 rings (SSSR count). The average Bonchev–Trinajstić information content (AvgIpc) is 2.85. The van der Waals surface area contributed by atoms with Gasteiger partial charge in [0.25, 0.3) is 0 Å². The molecule has 0 radical (unpaired) electrons. The van der Waals surface area contributed by atoms with Crippen molar-refractivity contribution in [2.45, 2.75) is 13.0 Å².